The fourth-order valence-corrected chi connectivity index (χ4v) is 6.15. The number of nitrogens with one attached hydrogen (secondary N) is 1. The first kappa shape index (κ1) is 23.2. The van der Waals surface area contributed by atoms with Gasteiger partial charge in [0.05, 0.1) is 22.7 Å². The fraction of sp³-hybridized carbons (Fsp3) is 0.417. The van der Waals surface area contributed by atoms with Crippen molar-refractivity contribution in [3.8, 4) is 11.1 Å². The number of sulfonamides is 1. The van der Waals surface area contributed by atoms with Crippen molar-refractivity contribution in [3.05, 3.63) is 42.0 Å². The van der Waals surface area contributed by atoms with Gasteiger partial charge < -0.3 is 14.3 Å². The van der Waals surface area contributed by atoms with Crippen molar-refractivity contribution in [2.45, 2.75) is 31.8 Å². The number of carbonyl (C=O) groups is 1. The molecule has 0 bridgehead atoms. The molecule has 0 radical (unpaired) electrons. The minimum Gasteiger partial charge on any atom is -0.371 e. The normalized spacial score (nSPS) is 22.0. The zero-order valence-electron chi connectivity index (χ0n) is 19.6. The number of rotatable bonds is 6. The van der Waals surface area contributed by atoms with E-state index in [2.05, 4.69) is 14.8 Å². The molecule has 2 amide bonds. The van der Waals surface area contributed by atoms with E-state index in [9.17, 15) is 22.0 Å². The van der Waals surface area contributed by atoms with E-state index in [0.717, 1.165) is 25.2 Å². The van der Waals surface area contributed by atoms with Crippen LogP contribution in [-0.2, 0) is 10.0 Å². The first-order chi connectivity index (χ1) is 17.3. The van der Waals surface area contributed by atoms with E-state index in [1.807, 2.05) is 0 Å². The molecule has 9 nitrogen and oxygen atoms in total. The predicted molar refractivity (Wildman–Crippen MR) is 130 cm³/mol. The van der Waals surface area contributed by atoms with Crippen LogP contribution in [0.25, 0.3) is 22.1 Å². The molecule has 12 heteroatoms. The number of hydrogen-bond acceptors (Lipinski definition) is 6. The lowest BCUT2D eigenvalue weighted by Crippen LogP contribution is -2.41. The molecule has 190 valence electrons. The molecule has 6 rings (SSSR count). The Balaban J connectivity index is 1.39. The lowest BCUT2D eigenvalue weighted by molar-refractivity contribution is 0.218. The molecule has 3 fully saturated rings. The lowest BCUT2D eigenvalue weighted by Gasteiger charge is -2.33. The summed E-state index contributed by atoms with van der Waals surface area (Å²) in [6, 6.07) is 6.28. The fourth-order valence-electron chi connectivity index (χ4n) is 5.30. The number of carbonyl (C=O) groups excluding carboxylic acids is 1. The van der Waals surface area contributed by atoms with E-state index in [1.165, 1.54) is 23.1 Å². The Bertz CT molecular complexity index is 1450. The van der Waals surface area contributed by atoms with E-state index in [-0.39, 0.29) is 53.9 Å². The van der Waals surface area contributed by atoms with Crippen molar-refractivity contribution in [1.82, 2.24) is 14.8 Å². The minimum atomic E-state index is -3.39. The summed E-state index contributed by atoms with van der Waals surface area (Å²) in [6.45, 7) is 3.72. The first-order valence-corrected chi connectivity index (χ1v) is 13.6. The summed E-state index contributed by atoms with van der Waals surface area (Å²) < 4.78 is 62.1. The Hall–Kier alpha value is -3.25. The van der Waals surface area contributed by atoms with E-state index >= 15 is 0 Å². The van der Waals surface area contributed by atoms with Crippen molar-refractivity contribution < 1.29 is 26.5 Å². The van der Waals surface area contributed by atoms with Crippen LogP contribution < -0.4 is 14.5 Å². The van der Waals surface area contributed by atoms with Crippen LogP contribution in [0, 0.1) is 11.6 Å². The van der Waals surface area contributed by atoms with E-state index < -0.39 is 21.7 Å². The summed E-state index contributed by atoms with van der Waals surface area (Å²) in [5.41, 5.74) is 1.18. The van der Waals surface area contributed by atoms with Gasteiger partial charge in [-0.3, -0.25) is 4.90 Å². The van der Waals surface area contributed by atoms with Crippen LogP contribution in [0.1, 0.15) is 19.8 Å². The summed E-state index contributed by atoms with van der Waals surface area (Å²) in [5.74, 6) is -1.27. The Morgan fingerprint density at radius 1 is 1.17 bits per heavy atom. The third-order valence-corrected chi connectivity index (χ3v) is 8.71. The second-order valence-electron chi connectivity index (χ2n) is 9.46. The van der Waals surface area contributed by atoms with Crippen LogP contribution >= 0.6 is 0 Å². The number of hydrogen-bond donors (Lipinski definition) is 1. The quantitative estimate of drug-likeness (QED) is 0.539. The molecular formula is C24H25F2N5O4S. The maximum absolute atomic E-state index is 14.9. The molecule has 3 saturated heterocycles. The number of nitrogens with zero attached hydrogens (tertiary/aromatic N) is 4. The molecule has 1 N–H and O–H groups in total. The van der Waals surface area contributed by atoms with Gasteiger partial charge in [-0.1, -0.05) is 11.2 Å². The molecule has 0 spiro atoms. The molecule has 3 aliphatic rings. The molecule has 0 saturated carbocycles. The molecule has 36 heavy (non-hydrogen) atoms. The third kappa shape index (κ3) is 3.70. The topological polar surface area (TPSA) is 99.0 Å². The number of halogens is 2. The van der Waals surface area contributed by atoms with Crippen LogP contribution in [0.3, 0.4) is 0 Å². The summed E-state index contributed by atoms with van der Waals surface area (Å²) in [6.07, 6.45) is 1.49. The molecule has 2 aromatic carbocycles. The Kier molecular flexibility index (Phi) is 5.41. The maximum Gasteiger partial charge on any atom is 0.326 e. The SMILES string of the molecule is CCS(=O)(=O)N[C@H]1C[C@H]2CN(c3noc4cc(N5CCC5)cc(-c5c(F)cccc5F)c34)C(=O)N2C1. The van der Waals surface area contributed by atoms with Gasteiger partial charge in [-0.2, -0.15) is 0 Å². The summed E-state index contributed by atoms with van der Waals surface area (Å²) in [7, 11) is -3.39. The Morgan fingerprint density at radius 3 is 2.56 bits per heavy atom. The molecule has 1 aromatic heterocycles. The highest BCUT2D eigenvalue weighted by Crippen LogP contribution is 2.43. The van der Waals surface area contributed by atoms with Gasteiger partial charge >= 0.3 is 6.03 Å². The molecule has 3 aromatic rings. The second-order valence-corrected chi connectivity index (χ2v) is 11.5. The van der Waals surface area contributed by atoms with Crippen LogP contribution in [0.4, 0.5) is 25.1 Å². The number of amides is 2. The largest absolute Gasteiger partial charge is 0.371 e. The number of fused-ring (bicyclic) bond motifs is 2. The van der Waals surface area contributed by atoms with Crippen molar-refractivity contribution in [3.63, 3.8) is 0 Å². The summed E-state index contributed by atoms with van der Waals surface area (Å²) in [4.78, 5) is 18.5. The summed E-state index contributed by atoms with van der Waals surface area (Å²) in [5, 5.41) is 4.53. The van der Waals surface area contributed by atoms with Crippen LogP contribution in [0.2, 0.25) is 0 Å². The van der Waals surface area contributed by atoms with Gasteiger partial charge in [-0.05, 0) is 38.0 Å². The van der Waals surface area contributed by atoms with Gasteiger partial charge in [0.15, 0.2) is 11.4 Å². The van der Waals surface area contributed by atoms with Gasteiger partial charge in [0.25, 0.3) is 0 Å². The number of anilines is 2. The zero-order chi connectivity index (χ0) is 25.2. The molecule has 4 heterocycles. The predicted octanol–water partition coefficient (Wildman–Crippen LogP) is 3.31. The minimum absolute atomic E-state index is 0.0338. The van der Waals surface area contributed by atoms with Crippen molar-refractivity contribution in [2.24, 2.45) is 0 Å². The average Bonchev–Trinajstić information content (AvgIpc) is 3.46. The number of benzene rings is 2. The number of urea groups is 1. The lowest BCUT2D eigenvalue weighted by atomic mass is 9.98. The van der Waals surface area contributed by atoms with E-state index in [1.54, 1.807) is 24.0 Å². The highest BCUT2D eigenvalue weighted by Gasteiger charge is 2.46. The monoisotopic (exact) mass is 517 g/mol. The highest BCUT2D eigenvalue weighted by molar-refractivity contribution is 7.89. The molecule has 0 unspecified atom stereocenters. The number of aromatic nitrogens is 1. The van der Waals surface area contributed by atoms with Crippen LogP contribution in [-0.4, -0.2) is 68.5 Å². The molecule has 2 atom stereocenters. The van der Waals surface area contributed by atoms with E-state index in [4.69, 9.17) is 4.52 Å². The highest BCUT2D eigenvalue weighted by atomic mass is 32.2. The zero-order valence-corrected chi connectivity index (χ0v) is 20.4. The van der Waals surface area contributed by atoms with Gasteiger partial charge in [0, 0.05) is 49.5 Å². The van der Waals surface area contributed by atoms with Crippen molar-refractivity contribution in [2.75, 3.05) is 41.7 Å². The summed E-state index contributed by atoms with van der Waals surface area (Å²) >= 11 is 0. The van der Waals surface area contributed by atoms with E-state index in [0.29, 0.717) is 17.4 Å². The Labute approximate surface area is 206 Å². The van der Waals surface area contributed by atoms with Gasteiger partial charge in [-0.25, -0.2) is 26.7 Å². The smallest absolute Gasteiger partial charge is 0.326 e. The third-order valence-electron chi connectivity index (χ3n) is 7.26. The van der Waals surface area contributed by atoms with Crippen molar-refractivity contribution in [1.29, 1.82) is 0 Å². The molecule has 3 aliphatic heterocycles. The van der Waals surface area contributed by atoms with Crippen molar-refractivity contribution >= 4 is 38.5 Å². The van der Waals surface area contributed by atoms with Gasteiger partial charge in [0.1, 0.15) is 11.6 Å². The molecular weight excluding hydrogens is 492 g/mol. The second kappa shape index (κ2) is 8.41. The van der Waals surface area contributed by atoms with Crippen LogP contribution in [0.5, 0.6) is 0 Å². The van der Waals surface area contributed by atoms with Gasteiger partial charge in [-0.15, -0.1) is 0 Å². The average molecular weight is 518 g/mol. The van der Waals surface area contributed by atoms with Crippen LogP contribution in [0.15, 0.2) is 34.9 Å². The van der Waals surface area contributed by atoms with Gasteiger partial charge in [0.2, 0.25) is 10.0 Å². The molecule has 0 aliphatic carbocycles. The Morgan fingerprint density at radius 2 is 1.92 bits per heavy atom. The standard InChI is InChI=1S/C24H25F2N5O4S/c1-2-36(33,34)28-14-9-16-13-31(24(32)30(16)12-14)23-22-17(21-18(25)5-3-6-19(21)26)10-15(29-7-4-8-29)11-20(22)35-27-23/h3,5-6,10-11,14,16,28H,2,4,7-9,12-13H2,1H3/t14-,16-/m0/s1. The first-order valence-electron chi connectivity index (χ1n) is 12.0. The maximum atomic E-state index is 14.9.